The summed E-state index contributed by atoms with van der Waals surface area (Å²) >= 11 is 0. The summed E-state index contributed by atoms with van der Waals surface area (Å²) in [4.78, 5) is 0. The fraction of sp³-hybridized carbons (Fsp3) is 0.400. The van der Waals surface area contributed by atoms with Crippen LogP contribution in [-0.4, -0.2) is 76.0 Å². The predicted molar refractivity (Wildman–Crippen MR) is 356 cm³/mol. The highest BCUT2D eigenvalue weighted by Crippen LogP contribution is 2.54. The largest absolute Gasteiger partial charge is 0.385 e. The molecule has 8 aromatic carbocycles. The fourth-order valence-corrected chi connectivity index (χ4v) is 15.9. The van der Waals surface area contributed by atoms with Gasteiger partial charge in [-0.1, -0.05) is 194 Å². The van der Waals surface area contributed by atoms with E-state index in [1.54, 1.807) is 28.4 Å². The SMILES string of the molecule is COCOC12CCC(OCOC)(CC1)c1ccc(cc1)-c1ccc(cc1)C1(O)CCC(O)(CC1)c1ccc(cc1)-c1ccc(cc1)C1(OCOC)CCC(OCOC)(CC1)c1ccc(cc1)-c1ccc(cc1)C1(O)CCC(O)(CC1)c1ccc(cc1)-c1ccc2cc1. The van der Waals surface area contributed by atoms with Crippen molar-refractivity contribution in [2.24, 2.45) is 0 Å². The van der Waals surface area contributed by atoms with Crippen molar-refractivity contribution in [1.82, 2.24) is 0 Å². The van der Waals surface area contributed by atoms with Crippen LogP contribution in [0, 0.1) is 0 Å². The van der Waals surface area contributed by atoms with Crippen LogP contribution in [0.2, 0.25) is 0 Å². The van der Waals surface area contributed by atoms with E-state index >= 15 is 0 Å². The van der Waals surface area contributed by atoms with Crippen molar-refractivity contribution in [3.05, 3.63) is 239 Å². The van der Waals surface area contributed by atoms with E-state index < -0.39 is 44.8 Å². The van der Waals surface area contributed by atoms with E-state index in [-0.39, 0.29) is 27.2 Å². The van der Waals surface area contributed by atoms with Gasteiger partial charge in [0.05, 0.1) is 44.8 Å². The van der Waals surface area contributed by atoms with Gasteiger partial charge in [0, 0.05) is 28.4 Å². The van der Waals surface area contributed by atoms with E-state index in [1.807, 2.05) is 48.5 Å². The average Bonchev–Trinajstić information content (AvgIpc) is 0.811. The molecular weight excluding hydrogens is 1150 g/mol. The molecular formula is C80H88O12. The molecule has 23 aliphatic rings. The summed E-state index contributed by atoms with van der Waals surface area (Å²) in [6.45, 7) is 0.599. The van der Waals surface area contributed by atoms with Crippen molar-refractivity contribution in [3.8, 4) is 44.5 Å². The van der Waals surface area contributed by atoms with Gasteiger partial charge in [-0.3, -0.25) is 0 Å². The highest BCUT2D eigenvalue weighted by Gasteiger charge is 2.49. The molecule has 23 aliphatic carbocycles. The van der Waals surface area contributed by atoms with Crippen molar-refractivity contribution in [3.63, 3.8) is 0 Å². The molecule has 4 fully saturated rings. The molecule has 0 radical (unpaired) electrons. The Bertz CT molecular complexity index is 3220. The molecule has 12 heteroatoms. The number of benzene rings is 8. The zero-order valence-corrected chi connectivity index (χ0v) is 53.7. The summed E-state index contributed by atoms with van der Waals surface area (Å²) in [6, 6.07) is 67.5. The molecule has 0 aliphatic heterocycles. The van der Waals surface area contributed by atoms with Crippen molar-refractivity contribution in [2.45, 2.75) is 148 Å². The van der Waals surface area contributed by atoms with Gasteiger partial charge in [0.15, 0.2) is 0 Å². The van der Waals surface area contributed by atoms with E-state index in [0.29, 0.717) is 103 Å². The third kappa shape index (κ3) is 12.4. The lowest BCUT2D eigenvalue weighted by Crippen LogP contribution is -2.43. The zero-order chi connectivity index (χ0) is 63.7. The predicted octanol–water partition coefficient (Wildman–Crippen LogP) is 15.8. The second-order valence-electron chi connectivity index (χ2n) is 26.9. The van der Waals surface area contributed by atoms with Crippen LogP contribution in [0.15, 0.2) is 194 Å². The first-order valence-electron chi connectivity index (χ1n) is 32.9. The van der Waals surface area contributed by atoms with E-state index in [4.69, 9.17) is 37.9 Å². The maximum Gasteiger partial charge on any atom is 0.147 e. The number of aliphatic hydroxyl groups is 4. The van der Waals surface area contributed by atoms with E-state index in [9.17, 15) is 20.4 Å². The molecule has 0 amide bonds. The van der Waals surface area contributed by atoms with E-state index in [1.165, 1.54) is 0 Å². The van der Waals surface area contributed by atoms with Crippen LogP contribution < -0.4 is 0 Å². The molecule has 0 saturated heterocycles. The summed E-state index contributed by atoms with van der Waals surface area (Å²) in [6.07, 6.45) is 8.91. The lowest BCUT2D eigenvalue weighted by Gasteiger charge is -2.46. The van der Waals surface area contributed by atoms with Crippen LogP contribution >= 0.6 is 0 Å². The molecule has 8 aromatic rings. The third-order valence-electron chi connectivity index (χ3n) is 22.0. The van der Waals surface area contributed by atoms with Gasteiger partial charge in [-0.2, -0.15) is 0 Å². The first-order chi connectivity index (χ1) is 44.6. The zero-order valence-electron chi connectivity index (χ0n) is 53.7. The number of rotatable bonds is 12. The molecule has 92 heavy (non-hydrogen) atoms. The van der Waals surface area contributed by atoms with Crippen LogP contribution in [0.25, 0.3) is 44.5 Å². The van der Waals surface area contributed by atoms with E-state index in [0.717, 1.165) is 89.0 Å². The minimum atomic E-state index is -1.07. The van der Waals surface area contributed by atoms with Gasteiger partial charge in [-0.05, 0) is 192 Å². The summed E-state index contributed by atoms with van der Waals surface area (Å²) in [7, 11) is 6.63. The minimum absolute atomic E-state index is 0.150. The Labute approximate surface area is 542 Å². The number of methoxy groups -OCH3 is 4. The monoisotopic (exact) mass is 1240 g/mol. The maximum absolute atomic E-state index is 12.2. The molecule has 0 atom stereocenters. The Kier molecular flexibility index (Phi) is 18.3. The first kappa shape index (κ1) is 64.0. The van der Waals surface area contributed by atoms with Gasteiger partial charge in [-0.15, -0.1) is 0 Å². The highest BCUT2D eigenvalue weighted by atomic mass is 16.7. The van der Waals surface area contributed by atoms with Gasteiger partial charge in [0.25, 0.3) is 0 Å². The van der Waals surface area contributed by atoms with Gasteiger partial charge in [-0.25, -0.2) is 0 Å². The lowest BCUT2D eigenvalue weighted by molar-refractivity contribution is -0.203. The van der Waals surface area contributed by atoms with Crippen LogP contribution in [-0.2, 0) is 82.7 Å². The van der Waals surface area contributed by atoms with Gasteiger partial charge in [0.1, 0.15) is 27.2 Å². The Morgan fingerprint density at radius 2 is 0.337 bits per heavy atom. The second-order valence-corrected chi connectivity index (χ2v) is 26.9. The van der Waals surface area contributed by atoms with Crippen LogP contribution in [0.4, 0.5) is 0 Å². The van der Waals surface area contributed by atoms with Crippen molar-refractivity contribution in [1.29, 1.82) is 0 Å². The summed E-state index contributed by atoms with van der Waals surface area (Å²) in [5.41, 5.74) is 9.39. The molecule has 480 valence electrons. The van der Waals surface area contributed by atoms with Crippen LogP contribution in [0.5, 0.6) is 0 Å². The average molecular weight is 1240 g/mol. The van der Waals surface area contributed by atoms with Gasteiger partial charge < -0.3 is 58.3 Å². The Morgan fingerprint density at radius 3 is 0.467 bits per heavy atom. The second kappa shape index (κ2) is 26.2. The molecule has 0 spiro atoms. The smallest absolute Gasteiger partial charge is 0.147 e. The molecule has 12 nitrogen and oxygen atoms in total. The fourth-order valence-electron chi connectivity index (χ4n) is 15.9. The number of hydrogen-bond donors (Lipinski definition) is 4. The molecule has 0 unspecified atom stereocenters. The van der Waals surface area contributed by atoms with Crippen molar-refractivity contribution >= 4 is 0 Å². The lowest BCUT2D eigenvalue weighted by atomic mass is 9.69. The number of hydrogen-bond acceptors (Lipinski definition) is 12. The molecule has 31 rings (SSSR count). The Hall–Kier alpha value is -6.72. The quantitative estimate of drug-likeness (QED) is 0.0861. The van der Waals surface area contributed by atoms with Gasteiger partial charge >= 0.3 is 0 Å². The summed E-state index contributed by atoms with van der Waals surface area (Å²) in [5, 5.41) is 48.7. The third-order valence-corrected chi connectivity index (χ3v) is 22.0. The van der Waals surface area contributed by atoms with Crippen LogP contribution in [0.1, 0.15) is 147 Å². The Morgan fingerprint density at radius 1 is 0.207 bits per heavy atom. The summed E-state index contributed by atoms with van der Waals surface area (Å²) < 4.78 is 48.9. The molecule has 0 heterocycles. The van der Waals surface area contributed by atoms with E-state index in [2.05, 4.69) is 146 Å². The maximum atomic E-state index is 12.2. The topological polar surface area (TPSA) is 155 Å². The molecule has 4 N–H and O–H groups in total. The summed E-state index contributed by atoms with van der Waals surface area (Å²) in [5.74, 6) is 0. The van der Waals surface area contributed by atoms with Crippen molar-refractivity contribution < 1.29 is 58.3 Å². The highest BCUT2D eigenvalue weighted by molar-refractivity contribution is 5.68. The molecule has 4 saturated carbocycles. The normalized spacial score (nSPS) is 28.6. The molecule has 0 aromatic heterocycles. The Balaban J connectivity index is 0.781. The minimum Gasteiger partial charge on any atom is -0.385 e. The number of ether oxygens (including phenoxy) is 8. The standard InChI is InChI=1S/C80H88O12/c1-85-53-89-77-45-47-78(48-46-77,90-54-86-2)70-31-15-62(16-32-70)58-7-23-66(24-8-58)75(83)41-43-76(84,44-42-75)68-27-11-60(12-28-68)64-19-35-72(36-20-64)80(92-56-88-4)51-49-79(50-52-80,91-55-87-3)71-33-17-63(18-34-71)59-9-25-67(26-10-59)74(82)39-37-73(81,38-40-74)65-21-5-57(6-22-65)61-13-29-69(77)30-14-61/h5-36,81-84H,37-56H2,1-4H3. The van der Waals surface area contributed by atoms with Gasteiger partial charge in [0.2, 0.25) is 0 Å². The molecule has 24 bridgehead atoms. The van der Waals surface area contributed by atoms with Crippen LogP contribution in [0.3, 0.4) is 0 Å². The van der Waals surface area contributed by atoms with Crippen molar-refractivity contribution in [2.75, 3.05) is 55.6 Å². The first-order valence-corrected chi connectivity index (χ1v) is 32.9.